The second-order valence-electron chi connectivity index (χ2n) is 20.3. The number of fused-ring (bicyclic) bond motifs is 15. The van der Waals surface area contributed by atoms with Gasteiger partial charge in [-0.25, -0.2) is 0 Å². The third-order valence-corrected chi connectivity index (χ3v) is 16.2. The minimum atomic E-state index is 0.436. The quantitative estimate of drug-likeness (QED) is 0.160. The largest absolute Gasteiger partial charge is 0.310 e. The summed E-state index contributed by atoms with van der Waals surface area (Å²) in [5.74, 6) is 0. The number of nitrogens with zero attached hydrogens (tertiary/aromatic N) is 7. The monoisotopic (exact) mass is 1010 g/mol. The van der Waals surface area contributed by atoms with Crippen LogP contribution in [0.25, 0.3) is 121 Å². The Morgan fingerprint density at radius 3 is 1.38 bits per heavy atom. The lowest BCUT2D eigenvalue weighted by Crippen LogP contribution is -2.09. The molecule has 4 heterocycles. The Morgan fingerprint density at radius 1 is 0.278 bits per heavy atom. The summed E-state index contributed by atoms with van der Waals surface area (Å²) in [6, 6.07) is 97.0. The maximum absolute atomic E-state index is 11.7. The molecule has 16 rings (SSSR count). The van der Waals surface area contributed by atoms with Crippen LogP contribution < -0.4 is 4.90 Å². The van der Waals surface area contributed by atoms with E-state index in [4.69, 9.17) is 0 Å². The molecule has 4 aromatic heterocycles. The second-order valence-corrected chi connectivity index (χ2v) is 20.3. The fourth-order valence-electron chi connectivity index (χ4n) is 12.9. The molecule has 366 valence electrons. The van der Waals surface area contributed by atoms with E-state index in [9.17, 15) is 10.5 Å². The average molecular weight is 1010 g/mol. The fourth-order valence-corrected chi connectivity index (χ4v) is 12.9. The van der Waals surface area contributed by atoms with Crippen LogP contribution in [-0.2, 0) is 0 Å². The van der Waals surface area contributed by atoms with Crippen LogP contribution in [0.4, 0.5) is 17.1 Å². The van der Waals surface area contributed by atoms with Gasteiger partial charge >= 0.3 is 0 Å². The van der Waals surface area contributed by atoms with Gasteiger partial charge in [0.25, 0.3) is 0 Å². The minimum absolute atomic E-state index is 0.436. The number of hydrogen-bond donors (Lipinski definition) is 0. The lowest BCUT2D eigenvalue weighted by molar-refractivity contribution is 1.12. The molecule has 0 aliphatic heterocycles. The van der Waals surface area contributed by atoms with E-state index in [-0.39, 0.29) is 0 Å². The topological polar surface area (TPSA) is 70.5 Å². The predicted octanol–water partition coefficient (Wildman–Crippen LogP) is 18.4. The van der Waals surface area contributed by atoms with E-state index in [2.05, 4.69) is 266 Å². The number of para-hydroxylation sites is 6. The number of aromatic nitrogens is 4. The van der Waals surface area contributed by atoms with Crippen molar-refractivity contribution >= 4 is 115 Å². The maximum atomic E-state index is 11.7. The van der Waals surface area contributed by atoms with Crippen molar-refractivity contribution in [1.82, 2.24) is 18.3 Å². The number of rotatable bonds is 7. The zero-order chi connectivity index (χ0) is 52.3. The van der Waals surface area contributed by atoms with Gasteiger partial charge in [-0.3, -0.25) is 0 Å². The Morgan fingerprint density at radius 2 is 0.747 bits per heavy atom. The summed E-state index contributed by atoms with van der Waals surface area (Å²) in [5, 5.41) is 34.3. The molecule has 0 spiro atoms. The molecule has 0 fully saturated rings. The van der Waals surface area contributed by atoms with Gasteiger partial charge in [-0.2, -0.15) is 10.5 Å². The highest BCUT2D eigenvalue weighted by atomic mass is 15.1. The van der Waals surface area contributed by atoms with Crippen LogP contribution >= 0.6 is 0 Å². The van der Waals surface area contributed by atoms with Crippen LogP contribution in [-0.4, -0.2) is 18.3 Å². The van der Waals surface area contributed by atoms with Crippen molar-refractivity contribution in [2.24, 2.45) is 0 Å². The van der Waals surface area contributed by atoms with Crippen molar-refractivity contribution < 1.29 is 0 Å². The second kappa shape index (κ2) is 17.2. The summed E-state index contributed by atoms with van der Waals surface area (Å²) >= 11 is 0. The Bertz CT molecular complexity index is 5180. The van der Waals surface area contributed by atoms with Gasteiger partial charge in [-0.1, -0.05) is 152 Å². The predicted molar refractivity (Wildman–Crippen MR) is 325 cm³/mol. The molecule has 0 bridgehead atoms. The van der Waals surface area contributed by atoms with Crippen molar-refractivity contribution in [1.29, 1.82) is 10.5 Å². The highest BCUT2D eigenvalue weighted by Crippen LogP contribution is 2.46. The molecule has 79 heavy (non-hydrogen) atoms. The van der Waals surface area contributed by atoms with Gasteiger partial charge in [0, 0.05) is 71.5 Å². The third-order valence-electron chi connectivity index (χ3n) is 16.2. The summed E-state index contributed by atoms with van der Waals surface area (Å²) in [6.45, 7) is 0. The first kappa shape index (κ1) is 44.2. The lowest BCUT2D eigenvalue weighted by Gasteiger charge is -2.25. The molecular formula is C72H43N7. The van der Waals surface area contributed by atoms with Crippen molar-refractivity contribution in [3.63, 3.8) is 0 Å². The highest BCUT2D eigenvalue weighted by Gasteiger charge is 2.27. The normalized spacial score (nSPS) is 11.8. The van der Waals surface area contributed by atoms with Crippen molar-refractivity contribution in [2.45, 2.75) is 0 Å². The Labute approximate surface area is 453 Å². The van der Waals surface area contributed by atoms with E-state index in [1.807, 2.05) is 30.3 Å². The Balaban J connectivity index is 0.993. The van der Waals surface area contributed by atoms with E-state index in [0.717, 1.165) is 116 Å². The van der Waals surface area contributed by atoms with Crippen LogP contribution in [0.2, 0.25) is 0 Å². The Kier molecular flexibility index (Phi) is 9.63. The molecule has 0 atom stereocenters. The summed E-state index contributed by atoms with van der Waals surface area (Å²) in [4.78, 5) is 2.28. The van der Waals surface area contributed by atoms with Crippen LogP contribution in [0.15, 0.2) is 261 Å². The van der Waals surface area contributed by atoms with Crippen molar-refractivity contribution in [3.8, 4) is 34.9 Å². The molecule has 0 N–H and O–H groups in total. The summed E-state index contributed by atoms with van der Waals surface area (Å²) in [5.41, 5.74) is 15.3. The van der Waals surface area contributed by atoms with Gasteiger partial charge in [-0.15, -0.1) is 0 Å². The zero-order valence-corrected chi connectivity index (χ0v) is 42.5. The molecule has 0 saturated carbocycles. The van der Waals surface area contributed by atoms with Crippen LogP contribution in [0.1, 0.15) is 11.1 Å². The van der Waals surface area contributed by atoms with Gasteiger partial charge in [0.2, 0.25) is 0 Å². The van der Waals surface area contributed by atoms with Gasteiger partial charge in [-0.05, 0) is 120 Å². The summed E-state index contributed by atoms with van der Waals surface area (Å²) in [6.07, 6.45) is 0. The molecule has 0 amide bonds. The molecule has 0 saturated heterocycles. The molecular weight excluding hydrogens is 963 g/mol. The number of nitriles is 2. The smallest absolute Gasteiger partial charge is 0.101 e. The molecule has 0 aliphatic rings. The summed E-state index contributed by atoms with van der Waals surface area (Å²) < 4.78 is 9.15. The number of benzene rings is 12. The van der Waals surface area contributed by atoms with Gasteiger partial charge < -0.3 is 23.2 Å². The van der Waals surface area contributed by atoms with Gasteiger partial charge in [0.1, 0.15) is 12.1 Å². The molecule has 0 radical (unpaired) electrons. The molecule has 12 aromatic carbocycles. The minimum Gasteiger partial charge on any atom is -0.310 e. The standard InChI is InChI=1S/C72H43N7/c73-44-47-41-69(48(45-74)40-68(47)78-66-39-33-52(75(49-19-4-1-5-20-49)50-21-6-2-7-22-50)43-61(66)70-54-25-11-10-18-46(54)32-37-67(70)78)79-65-38-34-53(76-62-29-15-12-26-55(62)56-27-13-16-30-63(56)76)42-60(65)59-36-35-58-57-28-14-17-31-64(57)77(71(58)72(59)79)51-23-8-3-9-24-51/h1-43H. The average Bonchev–Trinajstić information content (AvgIpc) is 4.45. The Hall–Kier alpha value is -11.1. The van der Waals surface area contributed by atoms with Gasteiger partial charge in [0.15, 0.2) is 0 Å². The van der Waals surface area contributed by atoms with E-state index in [0.29, 0.717) is 22.5 Å². The highest BCUT2D eigenvalue weighted by molar-refractivity contribution is 6.25. The van der Waals surface area contributed by atoms with Crippen molar-refractivity contribution in [2.75, 3.05) is 4.90 Å². The first-order valence-electron chi connectivity index (χ1n) is 26.5. The molecule has 0 unspecified atom stereocenters. The number of anilines is 3. The fraction of sp³-hybridized carbons (Fsp3) is 0. The molecule has 7 heteroatoms. The third kappa shape index (κ3) is 6.45. The van der Waals surface area contributed by atoms with E-state index < -0.39 is 0 Å². The molecule has 16 aromatic rings. The van der Waals surface area contributed by atoms with E-state index in [1.54, 1.807) is 0 Å². The maximum Gasteiger partial charge on any atom is 0.101 e. The molecule has 0 aliphatic carbocycles. The number of hydrogen-bond acceptors (Lipinski definition) is 3. The molecule has 7 nitrogen and oxygen atoms in total. The first-order valence-corrected chi connectivity index (χ1v) is 26.5. The van der Waals surface area contributed by atoms with Crippen LogP contribution in [0.5, 0.6) is 0 Å². The SMILES string of the molecule is N#Cc1cc(-n2c3ccc(-n4c5ccccc5c5ccccc54)cc3c3ccc4c5ccccc5n(-c5ccccc5)c4c32)c(C#N)cc1-n1c2ccc(N(c3ccccc3)c3ccccc3)cc2c2c3ccccc3ccc21. The summed E-state index contributed by atoms with van der Waals surface area (Å²) in [7, 11) is 0. The van der Waals surface area contributed by atoms with E-state index in [1.165, 1.54) is 10.8 Å². The lowest BCUT2D eigenvalue weighted by atomic mass is 10.0. The van der Waals surface area contributed by atoms with Crippen LogP contribution in [0, 0.1) is 22.7 Å². The first-order chi connectivity index (χ1) is 39.1. The zero-order valence-electron chi connectivity index (χ0n) is 42.5. The van der Waals surface area contributed by atoms with Gasteiger partial charge in [0.05, 0.1) is 66.6 Å². The van der Waals surface area contributed by atoms with Crippen molar-refractivity contribution in [3.05, 3.63) is 272 Å². The van der Waals surface area contributed by atoms with Crippen LogP contribution in [0.3, 0.4) is 0 Å². The van der Waals surface area contributed by atoms with E-state index >= 15 is 0 Å².